The molecule has 0 radical (unpaired) electrons. The number of nitrogens with zero attached hydrogens (tertiary/aromatic N) is 2. The van der Waals surface area contributed by atoms with E-state index in [-0.39, 0.29) is 0 Å². The molecular formula is C5H5F2IN2. The minimum absolute atomic E-state index is 0.319. The topological polar surface area (TPSA) is 17.8 Å². The highest BCUT2D eigenvalue weighted by molar-refractivity contribution is 14.1. The maximum absolute atomic E-state index is 12.5. The van der Waals surface area contributed by atoms with Crippen molar-refractivity contribution in [3.8, 4) is 0 Å². The lowest BCUT2D eigenvalue weighted by Gasteiger charge is -2.10. The molecule has 1 rings (SSSR count). The van der Waals surface area contributed by atoms with Crippen LogP contribution >= 0.6 is 22.6 Å². The highest BCUT2D eigenvalue weighted by Crippen LogP contribution is 2.29. The van der Waals surface area contributed by atoms with E-state index in [4.69, 9.17) is 0 Å². The molecule has 0 spiro atoms. The zero-order chi connectivity index (χ0) is 7.78. The number of imidazole rings is 1. The van der Waals surface area contributed by atoms with Crippen LogP contribution in [0.5, 0.6) is 0 Å². The van der Waals surface area contributed by atoms with Gasteiger partial charge in [0.15, 0.2) is 0 Å². The molecule has 0 aliphatic heterocycles. The normalized spacial score (nSPS) is 12.0. The van der Waals surface area contributed by atoms with Crippen LogP contribution in [0.3, 0.4) is 0 Å². The van der Waals surface area contributed by atoms with Gasteiger partial charge < -0.3 is 0 Å². The first-order valence-electron chi connectivity index (χ1n) is 2.59. The van der Waals surface area contributed by atoms with Crippen molar-refractivity contribution in [2.24, 2.45) is 0 Å². The van der Waals surface area contributed by atoms with Crippen molar-refractivity contribution in [1.29, 1.82) is 0 Å². The van der Waals surface area contributed by atoms with Gasteiger partial charge in [0.2, 0.25) is 0 Å². The van der Waals surface area contributed by atoms with Crippen LogP contribution in [-0.2, 0) is 4.05 Å². The maximum Gasteiger partial charge on any atom is 0.381 e. The van der Waals surface area contributed by atoms with Gasteiger partial charge in [-0.25, -0.2) is 4.98 Å². The van der Waals surface area contributed by atoms with Gasteiger partial charge in [0.25, 0.3) is 0 Å². The highest BCUT2D eigenvalue weighted by Gasteiger charge is 2.27. The Labute approximate surface area is 70.4 Å². The first-order valence-corrected chi connectivity index (χ1v) is 3.67. The van der Waals surface area contributed by atoms with E-state index < -0.39 is 4.05 Å². The van der Waals surface area contributed by atoms with E-state index in [1.165, 1.54) is 19.3 Å². The fraction of sp³-hybridized carbons (Fsp3) is 0.400. The summed E-state index contributed by atoms with van der Waals surface area (Å²) in [7, 11) is 0. The Morgan fingerprint density at radius 3 is 2.50 bits per heavy atom. The SMILES string of the molecule is Cc1nccn1C(F)(F)I. The van der Waals surface area contributed by atoms with Crippen molar-refractivity contribution in [3.63, 3.8) is 0 Å². The summed E-state index contributed by atoms with van der Waals surface area (Å²) < 4.78 is 22.9. The standard InChI is InChI=1S/C5H5F2IN2/c1-4-9-2-3-10(4)5(6,7)8/h2-3H,1H3. The van der Waals surface area contributed by atoms with Crippen LogP contribution in [0.2, 0.25) is 0 Å². The molecule has 5 heteroatoms. The molecule has 0 fully saturated rings. The second-order valence-corrected chi connectivity index (χ2v) is 3.11. The Hall–Kier alpha value is -0.200. The van der Waals surface area contributed by atoms with Gasteiger partial charge in [-0.2, -0.15) is 8.78 Å². The first kappa shape index (κ1) is 7.90. The smallest absolute Gasteiger partial charge is 0.266 e. The summed E-state index contributed by atoms with van der Waals surface area (Å²) in [5, 5.41) is 0. The zero-order valence-electron chi connectivity index (χ0n) is 5.18. The van der Waals surface area contributed by atoms with Gasteiger partial charge in [0.05, 0.1) is 0 Å². The van der Waals surface area contributed by atoms with E-state index in [0.29, 0.717) is 5.82 Å². The van der Waals surface area contributed by atoms with Crippen LogP contribution in [0.1, 0.15) is 5.82 Å². The van der Waals surface area contributed by atoms with Gasteiger partial charge in [0, 0.05) is 35.0 Å². The molecule has 0 aliphatic rings. The fourth-order valence-electron chi connectivity index (χ4n) is 0.646. The van der Waals surface area contributed by atoms with Crippen molar-refractivity contribution >= 4 is 22.6 Å². The molecule has 1 heterocycles. The number of aryl methyl sites for hydroxylation is 1. The number of hydrogen-bond donors (Lipinski definition) is 0. The molecule has 0 aromatic carbocycles. The number of aromatic nitrogens is 2. The Balaban J connectivity index is 3.05. The third kappa shape index (κ3) is 1.44. The number of rotatable bonds is 1. The fourth-order valence-corrected chi connectivity index (χ4v) is 1.16. The molecule has 0 aliphatic carbocycles. The summed E-state index contributed by atoms with van der Waals surface area (Å²) >= 11 is 1.05. The predicted molar refractivity (Wildman–Crippen MR) is 41.2 cm³/mol. The molecule has 56 valence electrons. The van der Waals surface area contributed by atoms with Gasteiger partial charge in [-0.05, 0) is 6.92 Å². The molecule has 0 amide bonds. The second kappa shape index (κ2) is 2.44. The van der Waals surface area contributed by atoms with Crippen molar-refractivity contribution in [2.75, 3.05) is 0 Å². The Kier molecular flexibility index (Phi) is 1.93. The largest absolute Gasteiger partial charge is 0.381 e. The second-order valence-electron chi connectivity index (χ2n) is 1.81. The summed E-state index contributed by atoms with van der Waals surface area (Å²) in [4.78, 5) is 3.66. The van der Waals surface area contributed by atoms with Crippen LogP contribution in [0.25, 0.3) is 0 Å². The van der Waals surface area contributed by atoms with Crippen LogP contribution in [-0.4, -0.2) is 9.55 Å². The van der Waals surface area contributed by atoms with Crippen LogP contribution in [0.4, 0.5) is 8.78 Å². The molecule has 0 bridgehead atoms. The molecule has 0 atom stereocenters. The molecule has 1 aromatic heterocycles. The molecule has 0 N–H and O–H groups in total. The Bertz CT molecular complexity index is 228. The summed E-state index contributed by atoms with van der Waals surface area (Å²) in [6, 6.07) is 0. The number of alkyl halides is 3. The first-order chi connectivity index (χ1) is 4.52. The molecule has 0 saturated carbocycles. The number of hydrogen-bond acceptors (Lipinski definition) is 1. The minimum atomic E-state index is -2.86. The van der Waals surface area contributed by atoms with Crippen molar-refractivity contribution < 1.29 is 8.78 Å². The van der Waals surface area contributed by atoms with Gasteiger partial charge in [0.1, 0.15) is 5.82 Å². The van der Waals surface area contributed by atoms with E-state index in [2.05, 4.69) is 4.98 Å². The van der Waals surface area contributed by atoms with E-state index in [9.17, 15) is 8.78 Å². The Morgan fingerprint density at radius 2 is 2.30 bits per heavy atom. The monoisotopic (exact) mass is 258 g/mol. The van der Waals surface area contributed by atoms with Crippen LogP contribution in [0, 0.1) is 6.92 Å². The molecule has 0 saturated heterocycles. The summed E-state index contributed by atoms with van der Waals surface area (Å²) in [5.41, 5.74) is 0. The van der Waals surface area contributed by atoms with Crippen LogP contribution in [0.15, 0.2) is 12.4 Å². The molecular weight excluding hydrogens is 253 g/mol. The average molecular weight is 258 g/mol. The van der Waals surface area contributed by atoms with E-state index >= 15 is 0 Å². The quantitative estimate of drug-likeness (QED) is 0.557. The summed E-state index contributed by atoms with van der Waals surface area (Å²) in [6.07, 6.45) is 2.60. The van der Waals surface area contributed by atoms with Crippen molar-refractivity contribution in [3.05, 3.63) is 18.2 Å². The van der Waals surface area contributed by atoms with E-state index in [0.717, 1.165) is 27.2 Å². The van der Waals surface area contributed by atoms with Gasteiger partial charge in [-0.1, -0.05) is 0 Å². The predicted octanol–water partition coefficient (Wildman–Crippen LogP) is 2.13. The lowest BCUT2D eigenvalue weighted by Crippen LogP contribution is -2.14. The third-order valence-electron chi connectivity index (χ3n) is 1.10. The minimum Gasteiger partial charge on any atom is -0.266 e. The summed E-state index contributed by atoms with van der Waals surface area (Å²) in [6.45, 7) is 1.53. The van der Waals surface area contributed by atoms with E-state index in [1.54, 1.807) is 0 Å². The number of halogens is 3. The van der Waals surface area contributed by atoms with Crippen molar-refractivity contribution in [2.45, 2.75) is 11.0 Å². The van der Waals surface area contributed by atoms with Crippen LogP contribution < -0.4 is 0 Å². The summed E-state index contributed by atoms with van der Waals surface area (Å²) in [5.74, 6) is 0.319. The zero-order valence-corrected chi connectivity index (χ0v) is 7.34. The van der Waals surface area contributed by atoms with E-state index in [1.807, 2.05) is 0 Å². The lowest BCUT2D eigenvalue weighted by molar-refractivity contribution is 0.0439. The Morgan fingerprint density at radius 1 is 1.70 bits per heavy atom. The van der Waals surface area contributed by atoms with Crippen molar-refractivity contribution in [1.82, 2.24) is 9.55 Å². The third-order valence-corrected chi connectivity index (χ3v) is 1.62. The maximum atomic E-state index is 12.5. The molecule has 10 heavy (non-hydrogen) atoms. The lowest BCUT2D eigenvalue weighted by atomic mass is 10.7. The van der Waals surface area contributed by atoms with Gasteiger partial charge >= 0.3 is 4.05 Å². The molecule has 1 aromatic rings. The van der Waals surface area contributed by atoms with Gasteiger partial charge in [-0.3, -0.25) is 4.57 Å². The average Bonchev–Trinajstić information content (AvgIpc) is 2.11. The van der Waals surface area contributed by atoms with Gasteiger partial charge in [-0.15, -0.1) is 0 Å². The molecule has 0 unspecified atom stereocenters. The molecule has 2 nitrogen and oxygen atoms in total. The highest BCUT2D eigenvalue weighted by atomic mass is 127.